The molecule has 3 aromatic rings. The molecule has 0 atom stereocenters. The van der Waals surface area contributed by atoms with Gasteiger partial charge in [0.25, 0.3) is 5.92 Å². The maximum absolute atomic E-state index is 14.7. The zero-order valence-corrected chi connectivity index (χ0v) is 15.0. The lowest BCUT2D eigenvalue weighted by Crippen LogP contribution is -2.11. The summed E-state index contributed by atoms with van der Waals surface area (Å²) in [4.78, 5) is 16.5. The number of halogens is 3. The van der Waals surface area contributed by atoms with Crippen molar-refractivity contribution in [2.24, 2.45) is 0 Å². The van der Waals surface area contributed by atoms with Crippen LogP contribution in [0.1, 0.15) is 28.4 Å². The Morgan fingerprint density at radius 2 is 1.71 bits per heavy atom. The van der Waals surface area contributed by atoms with E-state index in [2.05, 4.69) is 11.6 Å². The summed E-state index contributed by atoms with van der Waals surface area (Å²) in [5.41, 5.74) is 0.670. The van der Waals surface area contributed by atoms with Gasteiger partial charge in [0.2, 0.25) is 0 Å². The molecule has 0 aliphatic carbocycles. The minimum absolute atomic E-state index is 0.0591. The Bertz CT molecular complexity index is 1060. The number of carbonyl (C=O) groups excluding carboxylic acids is 1. The number of aromatic nitrogens is 1. The lowest BCUT2D eigenvalue weighted by atomic mass is 9.91. The number of alkyl halides is 2. The number of pyridine rings is 1. The summed E-state index contributed by atoms with van der Waals surface area (Å²) in [5.74, 6) is -4.48. The maximum atomic E-state index is 14.7. The monoisotopic (exact) mass is 377 g/mol. The average Bonchev–Trinajstić information content (AvgIpc) is 2.66. The lowest BCUT2D eigenvalue weighted by molar-refractivity contribution is 0.0178. The molecular formula is C22H15BF3NO. The van der Waals surface area contributed by atoms with E-state index < -0.39 is 17.5 Å². The van der Waals surface area contributed by atoms with Gasteiger partial charge in [0.1, 0.15) is 13.7 Å². The summed E-state index contributed by atoms with van der Waals surface area (Å²) >= 11 is 0. The van der Waals surface area contributed by atoms with E-state index in [4.69, 9.17) is 7.85 Å². The summed E-state index contributed by atoms with van der Waals surface area (Å²) in [6.45, 7) is 4.49. The molecule has 0 fully saturated rings. The van der Waals surface area contributed by atoms with Crippen LogP contribution in [0.4, 0.5) is 13.2 Å². The summed E-state index contributed by atoms with van der Waals surface area (Å²) in [7, 11) is 5.63. The van der Waals surface area contributed by atoms with Gasteiger partial charge < -0.3 is 0 Å². The van der Waals surface area contributed by atoms with Gasteiger partial charge >= 0.3 is 0 Å². The Labute approximate surface area is 162 Å². The van der Waals surface area contributed by atoms with Gasteiger partial charge in [-0.05, 0) is 29.8 Å². The van der Waals surface area contributed by atoms with Crippen molar-refractivity contribution in [2.75, 3.05) is 0 Å². The third kappa shape index (κ3) is 3.91. The zero-order chi connectivity index (χ0) is 20.5. The van der Waals surface area contributed by atoms with E-state index in [-0.39, 0.29) is 28.0 Å². The van der Waals surface area contributed by atoms with Crippen molar-refractivity contribution in [1.29, 1.82) is 0 Å². The molecule has 2 radical (unpaired) electrons. The molecule has 0 aliphatic rings. The van der Waals surface area contributed by atoms with E-state index in [1.807, 2.05) is 0 Å². The van der Waals surface area contributed by atoms with Gasteiger partial charge in [-0.25, -0.2) is 13.2 Å². The van der Waals surface area contributed by atoms with Gasteiger partial charge in [0.15, 0.2) is 5.78 Å². The Kier molecular flexibility index (Phi) is 5.23. The van der Waals surface area contributed by atoms with Crippen molar-refractivity contribution >= 4 is 24.7 Å². The summed E-state index contributed by atoms with van der Waals surface area (Å²) < 4.78 is 42.3. The van der Waals surface area contributed by atoms with Crippen LogP contribution in [0.5, 0.6) is 0 Å². The zero-order valence-electron chi connectivity index (χ0n) is 15.0. The first kappa shape index (κ1) is 19.6. The number of ketones is 1. The van der Waals surface area contributed by atoms with Gasteiger partial charge in [-0.15, -0.1) is 0 Å². The first-order valence-corrected chi connectivity index (χ1v) is 8.41. The second kappa shape index (κ2) is 7.47. The molecule has 0 saturated carbocycles. The van der Waals surface area contributed by atoms with E-state index in [1.54, 1.807) is 24.3 Å². The van der Waals surface area contributed by atoms with Crippen LogP contribution in [-0.2, 0) is 5.92 Å². The van der Waals surface area contributed by atoms with E-state index in [0.717, 1.165) is 13.0 Å². The van der Waals surface area contributed by atoms with E-state index in [9.17, 15) is 18.0 Å². The number of allylic oxidation sites excluding steroid dienone is 1. The Balaban J connectivity index is 1.97. The van der Waals surface area contributed by atoms with E-state index >= 15 is 0 Å². The van der Waals surface area contributed by atoms with Crippen molar-refractivity contribution < 1.29 is 18.0 Å². The van der Waals surface area contributed by atoms with Crippen molar-refractivity contribution in [3.8, 4) is 11.3 Å². The van der Waals surface area contributed by atoms with Crippen LogP contribution in [0, 0.1) is 5.82 Å². The highest BCUT2D eigenvalue weighted by Gasteiger charge is 2.29. The van der Waals surface area contributed by atoms with Crippen molar-refractivity contribution in [1.82, 2.24) is 4.98 Å². The topological polar surface area (TPSA) is 30.0 Å². The second-order valence-corrected chi connectivity index (χ2v) is 6.41. The molecular weight excluding hydrogens is 362 g/mol. The number of rotatable bonds is 5. The van der Waals surface area contributed by atoms with Crippen molar-refractivity contribution in [3.05, 3.63) is 89.9 Å². The van der Waals surface area contributed by atoms with Crippen LogP contribution in [-0.4, -0.2) is 18.6 Å². The van der Waals surface area contributed by atoms with Gasteiger partial charge in [-0.3, -0.25) is 9.78 Å². The lowest BCUT2D eigenvalue weighted by Gasteiger charge is -2.15. The first-order valence-electron chi connectivity index (χ1n) is 8.41. The van der Waals surface area contributed by atoms with Gasteiger partial charge in [-0.2, -0.15) is 0 Å². The predicted molar refractivity (Wildman–Crippen MR) is 104 cm³/mol. The van der Waals surface area contributed by atoms with Gasteiger partial charge in [0.05, 0.1) is 5.69 Å². The molecule has 0 saturated heterocycles. The molecule has 0 N–H and O–H groups in total. The molecule has 2 aromatic carbocycles. The molecule has 1 heterocycles. The highest BCUT2D eigenvalue weighted by molar-refractivity contribution is 6.32. The number of nitrogens with zero attached hydrogens (tertiary/aromatic N) is 1. The largest absolute Gasteiger partial charge is 0.289 e. The first-order chi connectivity index (χ1) is 13.2. The maximum Gasteiger partial charge on any atom is 0.272 e. The number of Topliss-reactive ketones (excluding diaryl/α,β-unsaturated/α-hetero) is 1. The van der Waals surface area contributed by atoms with Crippen LogP contribution >= 0.6 is 0 Å². The fraction of sp³-hybridized carbons (Fsp3) is 0.0909. The number of benzene rings is 2. The standard InChI is InChI=1S/C22H15BF3NO/c1-13(14-5-8-16(23)9-6-14)21(28)15-7-10-17(19(24)12-15)20-18(22(2,25)26)4-3-11-27-20/h3-12H,1H2,2H3. The van der Waals surface area contributed by atoms with Crippen LogP contribution in [0.2, 0.25) is 0 Å². The van der Waals surface area contributed by atoms with Gasteiger partial charge in [-0.1, -0.05) is 42.4 Å². The predicted octanol–water partition coefficient (Wildman–Crippen LogP) is 4.69. The van der Waals surface area contributed by atoms with Crippen LogP contribution in [0.15, 0.2) is 67.4 Å². The molecule has 0 aliphatic heterocycles. The number of carbonyl (C=O) groups is 1. The molecule has 2 nitrogen and oxygen atoms in total. The molecule has 0 spiro atoms. The molecule has 28 heavy (non-hydrogen) atoms. The summed E-state index contributed by atoms with van der Waals surface area (Å²) in [6.07, 6.45) is 1.31. The average molecular weight is 377 g/mol. The van der Waals surface area contributed by atoms with E-state index in [1.165, 1.54) is 30.5 Å². The SMILES string of the molecule is [B]c1ccc(C(=C)C(=O)c2ccc(-c3ncccc3C(C)(F)F)c(F)c2)cc1. The molecule has 0 amide bonds. The molecule has 3 rings (SSSR count). The summed E-state index contributed by atoms with van der Waals surface area (Å²) in [5, 5.41) is 0. The Morgan fingerprint density at radius 3 is 2.32 bits per heavy atom. The fourth-order valence-corrected chi connectivity index (χ4v) is 2.81. The molecule has 0 bridgehead atoms. The van der Waals surface area contributed by atoms with Crippen LogP contribution < -0.4 is 5.46 Å². The third-order valence-electron chi connectivity index (χ3n) is 4.30. The molecule has 0 unspecified atom stereocenters. The minimum atomic E-state index is -3.19. The molecule has 6 heteroatoms. The normalized spacial score (nSPS) is 11.3. The highest BCUT2D eigenvalue weighted by atomic mass is 19.3. The van der Waals surface area contributed by atoms with Gasteiger partial charge in [0, 0.05) is 35.4 Å². The van der Waals surface area contributed by atoms with Crippen molar-refractivity contribution in [3.63, 3.8) is 0 Å². The van der Waals surface area contributed by atoms with Crippen LogP contribution in [0.3, 0.4) is 0 Å². The number of hydrogen-bond donors (Lipinski definition) is 0. The minimum Gasteiger partial charge on any atom is -0.289 e. The highest BCUT2D eigenvalue weighted by Crippen LogP contribution is 2.35. The van der Waals surface area contributed by atoms with E-state index in [0.29, 0.717) is 11.0 Å². The Morgan fingerprint density at radius 1 is 1.07 bits per heavy atom. The third-order valence-corrected chi connectivity index (χ3v) is 4.30. The second-order valence-electron chi connectivity index (χ2n) is 6.41. The molecule has 138 valence electrons. The molecule has 1 aromatic heterocycles. The number of hydrogen-bond acceptors (Lipinski definition) is 2. The fourth-order valence-electron chi connectivity index (χ4n) is 2.81. The summed E-state index contributed by atoms with van der Waals surface area (Å²) in [6, 6.07) is 12.8. The van der Waals surface area contributed by atoms with Crippen molar-refractivity contribution in [2.45, 2.75) is 12.8 Å². The smallest absolute Gasteiger partial charge is 0.272 e. The quantitative estimate of drug-likeness (QED) is 0.367. The Hall–Kier alpha value is -3.15. The van der Waals surface area contributed by atoms with Crippen LogP contribution in [0.25, 0.3) is 16.8 Å².